The average Bonchev–Trinajstić information content (AvgIpc) is 3.10. The fraction of sp³-hybridized carbons (Fsp3) is 0.465. The first-order valence-corrected chi connectivity index (χ1v) is 18.2. The summed E-state index contributed by atoms with van der Waals surface area (Å²) in [6, 6.07) is 28.3. The van der Waals surface area contributed by atoms with Crippen LogP contribution in [0, 0.1) is 5.41 Å². The van der Waals surface area contributed by atoms with E-state index in [0.29, 0.717) is 13.0 Å². The quantitative estimate of drug-likeness (QED) is 0.125. The number of ketones is 1. The highest BCUT2D eigenvalue weighted by Gasteiger charge is 2.48. The van der Waals surface area contributed by atoms with E-state index in [9.17, 15) is 14.7 Å². The number of carbonyl (C=O) groups is 2. The summed E-state index contributed by atoms with van der Waals surface area (Å²) in [6.45, 7) is 11.6. The van der Waals surface area contributed by atoms with Crippen molar-refractivity contribution < 1.29 is 43.1 Å². The SMILES string of the molecule is C[C@@H]1O[C@@H](OC[C@H](N=CC2=C(O)CC(C)(C)CC2=O)C(=O)OC(C)(C)C)[C@@H](OCc2ccccc2)[C@H](OCc2ccccc2)[C@@H]1OCc1ccccc1. The summed E-state index contributed by atoms with van der Waals surface area (Å²) in [5, 5.41) is 10.7. The van der Waals surface area contributed by atoms with Crippen LogP contribution in [-0.2, 0) is 57.8 Å². The molecular weight excluding hydrogens is 674 g/mol. The van der Waals surface area contributed by atoms with Gasteiger partial charge in [0.05, 0.1) is 38.1 Å². The van der Waals surface area contributed by atoms with Crippen LogP contribution in [0.1, 0.15) is 71.1 Å². The number of rotatable bonds is 15. The van der Waals surface area contributed by atoms with Gasteiger partial charge in [0.1, 0.15) is 29.7 Å². The molecule has 3 aromatic rings. The molecule has 5 rings (SSSR count). The number of esters is 1. The molecule has 0 amide bonds. The molecule has 0 aromatic heterocycles. The molecule has 1 saturated heterocycles. The van der Waals surface area contributed by atoms with Gasteiger partial charge in [-0.3, -0.25) is 9.79 Å². The molecule has 0 saturated carbocycles. The van der Waals surface area contributed by atoms with Crippen molar-refractivity contribution in [2.45, 2.75) is 117 Å². The second kappa shape index (κ2) is 18.2. The second-order valence-corrected chi connectivity index (χ2v) is 15.5. The third kappa shape index (κ3) is 11.9. The van der Waals surface area contributed by atoms with Crippen LogP contribution >= 0.6 is 0 Å². The topological polar surface area (TPSA) is 122 Å². The normalized spacial score (nSPS) is 24.0. The predicted octanol–water partition coefficient (Wildman–Crippen LogP) is 7.49. The molecule has 1 aliphatic carbocycles. The van der Waals surface area contributed by atoms with Gasteiger partial charge in [-0.15, -0.1) is 0 Å². The lowest BCUT2D eigenvalue weighted by molar-refractivity contribution is -0.320. The molecule has 6 atom stereocenters. The highest BCUT2D eigenvalue weighted by Crippen LogP contribution is 2.35. The summed E-state index contributed by atoms with van der Waals surface area (Å²) >= 11 is 0. The lowest BCUT2D eigenvalue weighted by Gasteiger charge is -2.45. The summed E-state index contributed by atoms with van der Waals surface area (Å²) < 4.78 is 38.4. The van der Waals surface area contributed by atoms with Crippen LogP contribution in [0.3, 0.4) is 0 Å². The van der Waals surface area contributed by atoms with Crippen LogP contribution in [0.15, 0.2) is 107 Å². The van der Waals surface area contributed by atoms with Crippen molar-refractivity contribution >= 4 is 18.0 Å². The van der Waals surface area contributed by atoms with E-state index in [1.54, 1.807) is 20.8 Å². The number of carbonyl (C=O) groups excluding carboxylic acids is 2. The smallest absolute Gasteiger partial charge is 0.333 e. The lowest BCUT2D eigenvalue weighted by Crippen LogP contribution is -2.60. The van der Waals surface area contributed by atoms with E-state index in [-0.39, 0.29) is 48.8 Å². The zero-order valence-corrected chi connectivity index (χ0v) is 31.6. The van der Waals surface area contributed by atoms with Crippen LogP contribution in [0.5, 0.6) is 0 Å². The molecule has 2 aliphatic rings. The standard InChI is InChI=1S/C43H53NO9/c1-29-37(48-25-30-16-10-7-11-17-30)38(49-26-31-18-12-8-13-19-31)39(50-27-32-20-14-9-15-21-32)41(52-29)51-28-34(40(47)53-42(2,3)4)44-24-33-35(45)22-43(5,6)23-36(33)46/h7-21,24,29,34,37-39,41,45H,22-23,25-28H2,1-6H3/t29-,34-,37+,38+,39-,41+/m0/s1. The van der Waals surface area contributed by atoms with Crippen molar-refractivity contribution in [3.8, 4) is 0 Å². The van der Waals surface area contributed by atoms with Gasteiger partial charge < -0.3 is 33.5 Å². The number of aliphatic hydroxyl groups excluding tert-OH is 1. The third-order valence-corrected chi connectivity index (χ3v) is 8.96. The van der Waals surface area contributed by atoms with Gasteiger partial charge in [-0.05, 0) is 49.8 Å². The van der Waals surface area contributed by atoms with Crippen molar-refractivity contribution in [1.29, 1.82) is 0 Å². The number of hydrogen-bond acceptors (Lipinski definition) is 10. The van der Waals surface area contributed by atoms with Crippen LogP contribution in [-0.4, -0.2) is 72.0 Å². The maximum absolute atomic E-state index is 13.5. The molecule has 0 bridgehead atoms. The van der Waals surface area contributed by atoms with Crippen molar-refractivity contribution in [1.82, 2.24) is 0 Å². The number of nitrogens with zero attached hydrogens (tertiary/aromatic N) is 1. The van der Waals surface area contributed by atoms with Crippen LogP contribution in [0.2, 0.25) is 0 Å². The van der Waals surface area contributed by atoms with Gasteiger partial charge in [0.25, 0.3) is 0 Å². The van der Waals surface area contributed by atoms with Crippen molar-refractivity contribution in [3.05, 3.63) is 119 Å². The maximum atomic E-state index is 13.5. The lowest BCUT2D eigenvalue weighted by atomic mass is 9.77. The minimum absolute atomic E-state index is 0.0578. The zero-order chi connectivity index (χ0) is 38.0. The number of aliphatic imine (C=N–C) groups is 1. The summed E-state index contributed by atoms with van der Waals surface area (Å²) in [7, 11) is 0. The number of allylic oxidation sites excluding steroid dienone is 2. The molecule has 1 fully saturated rings. The van der Waals surface area contributed by atoms with Crippen molar-refractivity contribution in [2.24, 2.45) is 10.4 Å². The Bertz CT molecular complexity index is 1680. The zero-order valence-electron chi connectivity index (χ0n) is 31.6. The van der Waals surface area contributed by atoms with Crippen LogP contribution in [0.4, 0.5) is 0 Å². The van der Waals surface area contributed by atoms with E-state index in [1.165, 1.54) is 6.21 Å². The van der Waals surface area contributed by atoms with Gasteiger partial charge >= 0.3 is 5.97 Å². The molecule has 0 radical (unpaired) electrons. The summed E-state index contributed by atoms with van der Waals surface area (Å²) in [4.78, 5) is 30.9. The monoisotopic (exact) mass is 727 g/mol. The average molecular weight is 728 g/mol. The Balaban J connectivity index is 1.43. The Morgan fingerprint density at radius 1 is 0.811 bits per heavy atom. The van der Waals surface area contributed by atoms with E-state index in [2.05, 4.69) is 4.99 Å². The van der Waals surface area contributed by atoms with E-state index >= 15 is 0 Å². The Morgan fingerprint density at radius 2 is 1.30 bits per heavy atom. The van der Waals surface area contributed by atoms with Crippen molar-refractivity contribution in [2.75, 3.05) is 6.61 Å². The fourth-order valence-electron chi connectivity index (χ4n) is 6.34. The third-order valence-electron chi connectivity index (χ3n) is 8.96. The van der Waals surface area contributed by atoms with Gasteiger partial charge in [-0.2, -0.15) is 0 Å². The summed E-state index contributed by atoms with van der Waals surface area (Å²) in [5.74, 6) is -0.952. The number of benzene rings is 3. The molecule has 53 heavy (non-hydrogen) atoms. The van der Waals surface area contributed by atoms with E-state index < -0.39 is 48.3 Å². The number of aliphatic hydroxyl groups is 1. The maximum Gasteiger partial charge on any atom is 0.333 e. The highest BCUT2D eigenvalue weighted by molar-refractivity contribution is 6.14. The molecule has 1 aliphatic heterocycles. The molecule has 1 N–H and O–H groups in total. The first kappa shape index (κ1) is 40.0. The first-order valence-electron chi connectivity index (χ1n) is 18.2. The molecule has 1 heterocycles. The Labute approximate surface area is 313 Å². The van der Waals surface area contributed by atoms with Crippen LogP contribution < -0.4 is 0 Å². The molecule has 10 nitrogen and oxygen atoms in total. The van der Waals surface area contributed by atoms with E-state index in [1.807, 2.05) is 112 Å². The van der Waals surface area contributed by atoms with Crippen LogP contribution in [0.25, 0.3) is 0 Å². The highest BCUT2D eigenvalue weighted by atomic mass is 16.7. The van der Waals surface area contributed by atoms with Gasteiger partial charge in [-0.25, -0.2) is 4.79 Å². The molecule has 0 spiro atoms. The van der Waals surface area contributed by atoms with Gasteiger partial charge in [0.2, 0.25) is 0 Å². The first-order chi connectivity index (χ1) is 25.3. The summed E-state index contributed by atoms with van der Waals surface area (Å²) in [6.07, 6.45) is -1.67. The summed E-state index contributed by atoms with van der Waals surface area (Å²) in [5.41, 5.74) is 1.81. The minimum Gasteiger partial charge on any atom is -0.511 e. The second-order valence-electron chi connectivity index (χ2n) is 15.5. The molecule has 3 aromatic carbocycles. The Morgan fingerprint density at radius 3 is 1.79 bits per heavy atom. The largest absolute Gasteiger partial charge is 0.511 e. The molecule has 10 heteroatoms. The molecule has 284 valence electrons. The Kier molecular flexibility index (Phi) is 13.8. The van der Waals surface area contributed by atoms with Gasteiger partial charge in [0, 0.05) is 19.1 Å². The Hall–Kier alpha value is -4.19. The molecular formula is C43H53NO9. The van der Waals surface area contributed by atoms with Gasteiger partial charge in [0.15, 0.2) is 18.1 Å². The number of ether oxygens (including phenoxy) is 6. The number of hydrogen-bond donors (Lipinski definition) is 1. The van der Waals surface area contributed by atoms with E-state index in [0.717, 1.165) is 16.7 Å². The predicted molar refractivity (Wildman–Crippen MR) is 201 cm³/mol. The number of Topliss-reactive ketones (excluding diaryl/α,β-unsaturated/α-hetero) is 1. The molecule has 0 unspecified atom stereocenters. The van der Waals surface area contributed by atoms with Gasteiger partial charge in [-0.1, -0.05) is 105 Å². The van der Waals surface area contributed by atoms with Crippen molar-refractivity contribution in [3.63, 3.8) is 0 Å². The fourth-order valence-corrected chi connectivity index (χ4v) is 6.34. The van der Waals surface area contributed by atoms with E-state index in [4.69, 9.17) is 28.4 Å². The minimum atomic E-state index is -1.18.